The fourth-order valence-electron chi connectivity index (χ4n) is 1.35. The molecular formula is C11H10BrN3O2S. The van der Waals surface area contributed by atoms with Gasteiger partial charge in [0.05, 0.1) is 0 Å². The van der Waals surface area contributed by atoms with E-state index in [-0.39, 0.29) is 10.7 Å². The highest BCUT2D eigenvalue weighted by atomic mass is 79.9. The summed E-state index contributed by atoms with van der Waals surface area (Å²) < 4.78 is 27.0. The van der Waals surface area contributed by atoms with Gasteiger partial charge in [-0.1, -0.05) is 6.07 Å². The third-order valence-electron chi connectivity index (χ3n) is 2.15. The Morgan fingerprint density at radius 1 is 1.22 bits per heavy atom. The molecule has 94 valence electrons. The van der Waals surface area contributed by atoms with Gasteiger partial charge in [0.15, 0.2) is 0 Å². The standard InChI is InChI=1S/C11H10BrN3O2S/c12-9-7-8(13)4-5-10(9)18(16,17)15-11-3-1-2-6-14-11/h1-7H,13H2,(H,14,15). The lowest BCUT2D eigenvalue weighted by atomic mass is 10.3. The van der Waals surface area contributed by atoms with E-state index in [1.165, 1.54) is 24.4 Å². The summed E-state index contributed by atoms with van der Waals surface area (Å²) in [6.45, 7) is 0. The summed E-state index contributed by atoms with van der Waals surface area (Å²) in [6, 6.07) is 9.47. The number of hydrogen-bond donors (Lipinski definition) is 2. The Kier molecular flexibility index (Phi) is 3.53. The van der Waals surface area contributed by atoms with Crippen molar-refractivity contribution in [3.05, 3.63) is 47.1 Å². The number of aromatic nitrogens is 1. The molecule has 2 rings (SSSR count). The van der Waals surface area contributed by atoms with E-state index >= 15 is 0 Å². The number of nitrogens with zero attached hydrogens (tertiary/aromatic N) is 1. The quantitative estimate of drug-likeness (QED) is 0.846. The van der Waals surface area contributed by atoms with Crippen molar-refractivity contribution < 1.29 is 8.42 Å². The Labute approximate surface area is 113 Å². The summed E-state index contributed by atoms with van der Waals surface area (Å²) >= 11 is 3.18. The number of benzene rings is 1. The van der Waals surface area contributed by atoms with Crippen LogP contribution >= 0.6 is 15.9 Å². The number of rotatable bonds is 3. The third-order valence-corrected chi connectivity index (χ3v) is 4.48. The number of nitrogen functional groups attached to an aromatic ring is 1. The van der Waals surface area contributed by atoms with E-state index in [1.54, 1.807) is 18.2 Å². The number of pyridine rings is 1. The van der Waals surface area contributed by atoms with Crippen LogP contribution in [0.2, 0.25) is 0 Å². The minimum atomic E-state index is -3.68. The average Bonchev–Trinajstić information content (AvgIpc) is 2.29. The van der Waals surface area contributed by atoms with Crippen LogP contribution in [0.4, 0.5) is 11.5 Å². The smallest absolute Gasteiger partial charge is 0.264 e. The molecule has 1 aromatic carbocycles. The summed E-state index contributed by atoms with van der Waals surface area (Å²) in [6.07, 6.45) is 1.51. The zero-order chi connectivity index (χ0) is 13.2. The number of nitrogens with one attached hydrogen (secondary N) is 1. The number of anilines is 2. The van der Waals surface area contributed by atoms with Gasteiger partial charge in [0, 0.05) is 16.4 Å². The molecule has 0 aliphatic rings. The van der Waals surface area contributed by atoms with Crippen LogP contribution in [0.5, 0.6) is 0 Å². The SMILES string of the molecule is Nc1ccc(S(=O)(=O)Nc2ccccn2)c(Br)c1. The van der Waals surface area contributed by atoms with Crippen LogP contribution in [0.15, 0.2) is 52.0 Å². The molecule has 7 heteroatoms. The van der Waals surface area contributed by atoms with Crippen LogP contribution in [0.25, 0.3) is 0 Å². The normalized spacial score (nSPS) is 11.2. The molecule has 5 nitrogen and oxygen atoms in total. The average molecular weight is 328 g/mol. The first-order valence-electron chi connectivity index (χ1n) is 4.98. The Hall–Kier alpha value is -1.60. The highest BCUT2D eigenvalue weighted by Crippen LogP contribution is 2.25. The molecule has 0 spiro atoms. The molecule has 18 heavy (non-hydrogen) atoms. The number of hydrogen-bond acceptors (Lipinski definition) is 4. The largest absolute Gasteiger partial charge is 0.399 e. The van der Waals surface area contributed by atoms with Crippen LogP contribution < -0.4 is 10.5 Å². The lowest BCUT2D eigenvalue weighted by Gasteiger charge is -2.09. The molecule has 1 heterocycles. The maximum Gasteiger partial charge on any atom is 0.264 e. The molecule has 0 radical (unpaired) electrons. The van der Waals surface area contributed by atoms with Gasteiger partial charge in [0.2, 0.25) is 0 Å². The summed E-state index contributed by atoms with van der Waals surface area (Å²) in [5.74, 6) is 0.265. The van der Waals surface area contributed by atoms with Crippen molar-refractivity contribution in [2.24, 2.45) is 0 Å². The van der Waals surface area contributed by atoms with Gasteiger partial charge in [0.1, 0.15) is 10.7 Å². The van der Waals surface area contributed by atoms with Gasteiger partial charge in [-0.25, -0.2) is 13.4 Å². The van der Waals surface area contributed by atoms with Gasteiger partial charge in [-0.05, 0) is 46.3 Å². The van der Waals surface area contributed by atoms with E-state index in [0.29, 0.717) is 10.2 Å². The summed E-state index contributed by atoms with van der Waals surface area (Å²) in [5.41, 5.74) is 6.05. The second-order valence-corrected chi connectivity index (χ2v) is 6.02. The van der Waals surface area contributed by atoms with E-state index in [9.17, 15) is 8.42 Å². The summed E-state index contributed by atoms with van der Waals surface area (Å²) in [7, 11) is -3.68. The maximum absolute atomic E-state index is 12.1. The van der Waals surface area contributed by atoms with Gasteiger partial charge in [-0.2, -0.15) is 0 Å². The molecule has 0 aliphatic heterocycles. The van der Waals surface area contributed by atoms with Gasteiger partial charge in [-0.15, -0.1) is 0 Å². The van der Waals surface area contributed by atoms with E-state index in [4.69, 9.17) is 5.73 Å². The highest BCUT2D eigenvalue weighted by molar-refractivity contribution is 9.10. The maximum atomic E-state index is 12.1. The van der Waals surface area contributed by atoms with Crippen LogP contribution in [-0.4, -0.2) is 13.4 Å². The molecule has 0 saturated carbocycles. The molecule has 0 aliphatic carbocycles. The fraction of sp³-hybridized carbons (Fsp3) is 0. The molecule has 0 unspecified atom stereocenters. The Morgan fingerprint density at radius 2 is 2.00 bits per heavy atom. The van der Waals surface area contributed by atoms with E-state index < -0.39 is 10.0 Å². The lowest BCUT2D eigenvalue weighted by molar-refractivity contribution is 0.600. The number of halogens is 1. The van der Waals surface area contributed by atoms with Gasteiger partial charge < -0.3 is 5.73 Å². The Bertz CT molecular complexity index is 659. The summed E-state index contributed by atoms with van der Waals surface area (Å²) in [4.78, 5) is 4.02. The minimum Gasteiger partial charge on any atom is -0.399 e. The molecule has 0 saturated heterocycles. The summed E-state index contributed by atoms with van der Waals surface area (Å²) in [5, 5.41) is 0. The van der Waals surface area contributed by atoms with Crippen molar-refractivity contribution in [1.82, 2.24) is 4.98 Å². The van der Waals surface area contributed by atoms with Crippen LogP contribution in [0.1, 0.15) is 0 Å². The molecule has 2 aromatic rings. The van der Waals surface area contributed by atoms with Crippen molar-refractivity contribution in [3.63, 3.8) is 0 Å². The van der Waals surface area contributed by atoms with Crippen molar-refractivity contribution >= 4 is 37.5 Å². The Balaban J connectivity index is 2.37. The molecule has 0 fully saturated rings. The highest BCUT2D eigenvalue weighted by Gasteiger charge is 2.18. The predicted molar refractivity (Wildman–Crippen MR) is 73.6 cm³/mol. The molecule has 3 N–H and O–H groups in total. The Morgan fingerprint density at radius 3 is 2.61 bits per heavy atom. The van der Waals surface area contributed by atoms with Gasteiger partial charge >= 0.3 is 0 Å². The first-order chi connectivity index (χ1) is 8.49. The van der Waals surface area contributed by atoms with Gasteiger partial charge in [0.25, 0.3) is 10.0 Å². The zero-order valence-corrected chi connectivity index (χ0v) is 11.6. The van der Waals surface area contributed by atoms with E-state index in [1.807, 2.05) is 0 Å². The van der Waals surface area contributed by atoms with Crippen molar-refractivity contribution in [2.75, 3.05) is 10.5 Å². The minimum absolute atomic E-state index is 0.113. The monoisotopic (exact) mass is 327 g/mol. The molecule has 1 aromatic heterocycles. The molecule has 0 amide bonds. The van der Waals surface area contributed by atoms with Crippen molar-refractivity contribution in [2.45, 2.75) is 4.90 Å². The number of nitrogens with two attached hydrogens (primary N) is 1. The molecule has 0 atom stereocenters. The van der Waals surface area contributed by atoms with E-state index in [0.717, 1.165) is 0 Å². The van der Waals surface area contributed by atoms with Crippen LogP contribution in [0, 0.1) is 0 Å². The topological polar surface area (TPSA) is 85.1 Å². The zero-order valence-electron chi connectivity index (χ0n) is 9.17. The van der Waals surface area contributed by atoms with E-state index in [2.05, 4.69) is 25.6 Å². The van der Waals surface area contributed by atoms with Crippen LogP contribution in [0.3, 0.4) is 0 Å². The first-order valence-corrected chi connectivity index (χ1v) is 7.25. The second kappa shape index (κ2) is 4.95. The fourth-order valence-corrected chi connectivity index (χ4v) is 3.46. The second-order valence-electron chi connectivity index (χ2n) is 3.51. The van der Waals surface area contributed by atoms with Crippen molar-refractivity contribution in [1.29, 1.82) is 0 Å². The van der Waals surface area contributed by atoms with Crippen LogP contribution in [-0.2, 0) is 10.0 Å². The lowest BCUT2D eigenvalue weighted by Crippen LogP contribution is -2.14. The third kappa shape index (κ3) is 2.80. The predicted octanol–water partition coefficient (Wildman–Crippen LogP) is 2.23. The number of sulfonamides is 1. The molecule has 0 bridgehead atoms. The van der Waals surface area contributed by atoms with Gasteiger partial charge in [-0.3, -0.25) is 4.72 Å². The van der Waals surface area contributed by atoms with Crippen molar-refractivity contribution in [3.8, 4) is 0 Å². The first kappa shape index (κ1) is 12.8. The molecular weight excluding hydrogens is 318 g/mol.